The highest BCUT2D eigenvalue weighted by Gasteiger charge is 2.04. The lowest BCUT2D eigenvalue weighted by Gasteiger charge is -2.08. The molecule has 0 atom stereocenters. The van der Waals surface area contributed by atoms with Crippen LogP contribution in [-0.4, -0.2) is 19.1 Å². The van der Waals surface area contributed by atoms with E-state index in [0.29, 0.717) is 13.2 Å². The normalized spacial score (nSPS) is 9.85. The molecule has 0 rings (SSSR count). The van der Waals surface area contributed by atoms with E-state index < -0.39 is 0 Å². The van der Waals surface area contributed by atoms with Gasteiger partial charge in [-0.15, -0.1) is 0 Å². The molecule has 0 aromatic carbocycles. The van der Waals surface area contributed by atoms with Crippen molar-refractivity contribution in [3.05, 3.63) is 12.3 Å². The largest absolute Gasteiger partial charge is 0.499 e. The summed E-state index contributed by atoms with van der Waals surface area (Å²) in [5.41, 5.74) is 0. The van der Waals surface area contributed by atoms with E-state index in [9.17, 15) is 4.79 Å². The molecule has 0 aromatic heterocycles. The molecule has 0 spiro atoms. The van der Waals surface area contributed by atoms with Crippen LogP contribution in [0.2, 0.25) is 0 Å². The summed E-state index contributed by atoms with van der Waals surface area (Å²) in [6, 6.07) is 0. The van der Waals surface area contributed by atoms with Gasteiger partial charge in [-0.25, -0.2) is 0 Å². The van der Waals surface area contributed by atoms with Gasteiger partial charge in [0.05, 0.1) is 12.4 Å². The van der Waals surface area contributed by atoms with Gasteiger partial charge in [0.25, 0.3) is 0 Å². The molecule has 13 heavy (non-hydrogen) atoms. The second kappa shape index (κ2) is 6.52. The van der Waals surface area contributed by atoms with Crippen molar-refractivity contribution in [1.29, 1.82) is 0 Å². The monoisotopic (exact) mass is 185 g/mol. The van der Waals surface area contributed by atoms with Crippen molar-refractivity contribution in [2.75, 3.05) is 13.2 Å². The summed E-state index contributed by atoms with van der Waals surface area (Å²) in [5.74, 6) is 0.868. The number of amides is 1. The van der Waals surface area contributed by atoms with Gasteiger partial charge in [0.1, 0.15) is 0 Å². The Kier molecular flexibility index (Phi) is 6.02. The Balaban J connectivity index is 3.26. The van der Waals surface area contributed by atoms with Crippen LogP contribution in [0.25, 0.3) is 0 Å². The van der Waals surface area contributed by atoms with E-state index in [1.807, 2.05) is 20.8 Å². The van der Waals surface area contributed by atoms with Crippen molar-refractivity contribution < 1.29 is 9.53 Å². The van der Waals surface area contributed by atoms with Crippen LogP contribution in [0.3, 0.4) is 0 Å². The van der Waals surface area contributed by atoms with E-state index in [-0.39, 0.29) is 11.8 Å². The first-order chi connectivity index (χ1) is 6.04. The predicted molar refractivity (Wildman–Crippen MR) is 53.2 cm³/mol. The van der Waals surface area contributed by atoms with E-state index in [0.717, 1.165) is 12.2 Å². The van der Waals surface area contributed by atoms with Gasteiger partial charge in [-0.3, -0.25) is 4.79 Å². The fourth-order valence-corrected chi connectivity index (χ4v) is 0.734. The highest BCUT2D eigenvalue weighted by atomic mass is 16.5. The molecule has 0 unspecified atom stereocenters. The first kappa shape index (κ1) is 12.0. The lowest BCUT2D eigenvalue weighted by molar-refractivity contribution is -0.124. The van der Waals surface area contributed by atoms with Crippen LogP contribution in [0.1, 0.15) is 27.2 Å². The third-order valence-corrected chi connectivity index (χ3v) is 1.49. The first-order valence-corrected chi connectivity index (χ1v) is 4.60. The topological polar surface area (TPSA) is 38.3 Å². The minimum Gasteiger partial charge on any atom is -0.499 e. The number of hydrogen-bond donors (Lipinski definition) is 1. The maximum Gasteiger partial charge on any atom is 0.222 e. The molecule has 1 amide bonds. The van der Waals surface area contributed by atoms with E-state index in [1.165, 1.54) is 0 Å². The Bertz CT molecular complexity index is 176. The van der Waals surface area contributed by atoms with Crippen molar-refractivity contribution in [3.63, 3.8) is 0 Å². The van der Waals surface area contributed by atoms with Crippen LogP contribution in [0.4, 0.5) is 0 Å². The van der Waals surface area contributed by atoms with Gasteiger partial charge < -0.3 is 10.1 Å². The van der Waals surface area contributed by atoms with Crippen LogP contribution in [0, 0.1) is 5.92 Å². The Labute approximate surface area is 80.2 Å². The van der Waals surface area contributed by atoms with Crippen LogP contribution in [-0.2, 0) is 9.53 Å². The molecule has 0 saturated heterocycles. The highest BCUT2D eigenvalue weighted by Crippen LogP contribution is 1.93. The molecular weight excluding hydrogens is 166 g/mol. The Morgan fingerprint density at radius 3 is 2.62 bits per heavy atom. The van der Waals surface area contributed by atoms with Gasteiger partial charge in [-0.05, 0) is 13.3 Å². The number of nitrogens with one attached hydrogen (secondary N) is 1. The molecule has 0 aliphatic heterocycles. The summed E-state index contributed by atoms with van der Waals surface area (Å²) in [6.07, 6.45) is 0.825. The minimum absolute atomic E-state index is 0.0575. The maximum absolute atomic E-state index is 11.1. The zero-order chi connectivity index (χ0) is 10.3. The van der Waals surface area contributed by atoms with E-state index >= 15 is 0 Å². The second-order valence-corrected chi connectivity index (χ2v) is 3.35. The van der Waals surface area contributed by atoms with E-state index in [1.54, 1.807) is 0 Å². The van der Waals surface area contributed by atoms with Crippen molar-refractivity contribution in [3.8, 4) is 0 Å². The van der Waals surface area contributed by atoms with Gasteiger partial charge in [0.2, 0.25) is 5.91 Å². The molecule has 0 radical (unpaired) electrons. The van der Waals surface area contributed by atoms with Crippen LogP contribution in [0.5, 0.6) is 0 Å². The fraction of sp³-hybridized carbons (Fsp3) is 0.700. The smallest absolute Gasteiger partial charge is 0.222 e. The quantitative estimate of drug-likeness (QED) is 0.505. The van der Waals surface area contributed by atoms with Crippen molar-refractivity contribution in [2.45, 2.75) is 27.2 Å². The summed E-state index contributed by atoms with van der Waals surface area (Å²) >= 11 is 0. The average Bonchev–Trinajstić information content (AvgIpc) is 2.02. The Morgan fingerprint density at radius 2 is 2.15 bits per heavy atom. The zero-order valence-electron chi connectivity index (χ0n) is 8.72. The summed E-state index contributed by atoms with van der Waals surface area (Å²) in [7, 11) is 0. The van der Waals surface area contributed by atoms with Gasteiger partial charge in [-0.2, -0.15) is 0 Å². The van der Waals surface area contributed by atoms with Gasteiger partial charge >= 0.3 is 0 Å². The number of carbonyl (C=O) groups excluding carboxylic acids is 1. The molecule has 0 fully saturated rings. The van der Waals surface area contributed by atoms with Crippen molar-refractivity contribution in [2.24, 2.45) is 5.92 Å². The molecule has 0 heterocycles. The Hall–Kier alpha value is -0.990. The van der Waals surface area contributed by atoms with Gasteiger partial charge in [-0.1, -0.05) is 20.4 Å². The zero-order valence-corrected chi connectivity index (χ0v) is 8.72. The maximum atomic E-state index is 11.1. The van der Waals surface area contributed by atoms with Crippen LogP contribution >= 0.6 is 0 Å². The number of rotatable bonds is 6. The van der Waals surface area contributed by atoms with Gasteiger partial charge in [0, 0.05) is 12.5 Å². The first-order valence-electron chi connectivity index (χ1n) is 4.60. The third kappa shape index (κ3) is 7.37. The summed E-state index contributed by atoms with van der Waals surface area (Å²) in [4.78, 5) is 11.1. The number of allylic oxidation sites excluding steroid dienone is 1. The van der Waals surface area contributed by atoms with Crippen molar-refractivity contribution in [1.82, 2.24) is 5.32 Å². The minimum atomic E-state index is 0.0575. The molecule has 0 saturated carbocycles. The fourth-order valence-electron chi connectivity index (χ4n) is 0.734. The molecule has 0 aromatic rings. The highest BCUT2D eigenvalue weighted by molar-refractivity contribution is 5.77. The summed E-state index contributed by atoms with van der Waals surface area (Å²) in [5, 5.41) is 2.81. The SMILES string of the molecule is C=C(C)OCCCNC(=O)C(C)C. The predicted octanol–water partition coefficient (Wildman–Crippen LogP) is 1.70. The summed E-state index contributed by atoms with van der Waals surface area (Å²) < 4.78 is 5.14. The van der Waals surface area contributed by atoms with Crippen LogP contribution in [0.15, 0.2) is 12.3 Å². The molecule has 0 aliphatic rings. The molecule has 1 N–H and O–H groups in total. The summed E-state index contributed by atoms with van der Waals surface area (Å²) in [6.45, 7) is 10.5. The third-order valence-electron chi connectivity index (χ3n) is 1.49. The van der Waals surface area contributed by atoms with Crippen molar-refractivity contribution >= 4 is 5.91 Å². The molecule has 3 nitrogen and oxygen atoms in total. The number of carbonyl (C=O) groups is 1. The van der Waals surface area contributed by atoms with E-state index in [4.69, 9.17) is 4.74 Å². The number of ether oxygens (including phenoxy) is 1. The second-order valence-electron chi connectivity index (χ2n) is 3.35. The molecule has 76 valence electrons. The lowest BCUT2D eigenvalue weighted by atomic mass is 10.2. The van der Waals surface area contributed by atoms with E-state index in [2.05, 4.69) is 11.9 Å². The molecule has 0 aliphatic carbocycles. The standard InChI is InChI=1S/C10H19NO2/c1-8(2)10(12)11-6-5-7-13-9(3)4/h8H,3,5-7H2,1-2,4H3,(H,11,12). The lowest BCUT2D eigenvalue weighted by Crippen LogP contribution is -2.29. The molecule has 3 heteroatoms. The Morgan fingerprint density at radius 1 is 1.54 bits per heavy atom. The number of hydrogen-bond acceptors (Lipinski definition) is 2. The average molecular weight is 185 g/mol. The molecular formula is C10H19NO2. The van der Waals surface area contributed by atoms with Gasteiger partial charge in [0.15, 0.2) is 0 Å². The molecule has 0 bridgehead atoms. The van der Waals surface area contributed by atoms with Crippen LogP contribution < -0.4 is 5.32 Å².